The highest BCUT2D eigenvalue weighted by molar-refractivity contribution is 7.98. The molecule has 2 N–H and O–H groups in total. The van der Waals surface area contributed by atoms with E-state index >= 15 is 0 Å². The Morgan fingerprint density at radius 2 is 2.24 bits per heavy atom. The summed E-state index contributed by atoms with van der Waals surface area (Å²) in [6, 6.07) is 0. The van der Waals surface area contributed by atoms with Crippen LogP contribution in [0.3, 0.4) is 0 Å². The lowest BCUT2D eigenvalue weighted by Gasteiger charge is -2.07. The van der Waals surface area contributed by atoms with E-state index in [4.69, 9.17) is 12.2 Å². The molecule has 6 heteroatoms. The van der Waals surface area contributed by atoms with Crippen molar-refractivity contribution < 1.29 is 0 Å². The van der Waals surface area contributed by atoms with E-state index in [0.29, 0.717) is 5.11 Å². The highest BCUT2D eigenvalue weighted by atomic mass is 32.2. The summed E-state index contributed by atoms with van der Waals surface area (Å²) >= 11 is 6.83. The van der Waals surface area contributed by atoms with Gasteiger partial charge in [-0.2, -0.15) is 11.8 Å². The second-order valence-electron chi connectivity index (χ2n) is 3.59. The summed E-state index contributed by atoms with van der Waals surface area (Å²) in [5.41, 5.74) is 2.28. The number of hydrogen-bond donors (Lipinski definition) is 2. The number of rotatable bonds is 5. The molecule has 0 radical (unpaired) electrons. The van der Waals surface area contributed by atoms with E-state index in [1.165, 1.54) is 5.56 Å². The van der Waals surface area contributed by atoms with Gasteiger partial charge in [-0.15, -0.1) is 0 Å². The van der Waals surface area contributed by atoms with Gasteiger partial charge < -0.3 is 10.6 Å². The summed E-state index contributed by atoms with van der Waals surface area (Å²) in [4.78, 5) is 8.55. The first-order valence-corrected chi connectivity index (χ1v) is 7.02. The molecule has 0 fully saturated rings. The zero-order chi connectivity index (χ0) is 12.7. The molecule has 0 amide bonds. The van der Waals surface area contributed by atoms with Crippen LogP contribution < -0.4 is 10.6 Å². The fraction of sp³-hybridized carbons (Fsp3) is 0.545. The number of aryl methyl sites for hydroxylation is 2. The molecule has 0 aromatic carbocycles. The standard InChI is InChI=1S/C11H18N4S2/c1-8-10(6-14-9(2)15-8)7-17-5-4-13-11(16)12-3/h6H,4-5,7H2,1-3H3,(H2,12,13,16). The molecular weight excluding hydrogens is 252 g/mol. The molecule has 0 aliphatic carbocycles. The Morgan fingerprint density at radius 3 is 2.88 bits per heavy atom. The third-order valence-electron chi connectivity index (χ3n) is 2.22. The van der Waals surface area contributed by atoms with Gasteiger partial charge in [-0.3, -0.25) is 0 Å². The topological polar surface area (TPSA) is 49.8 Å². The van der Waals surface area contributed by atoms with Gasteiger partial charge in [0.25, 0.3) is 0 Å². The predicted octanol–water partition coefficient (Wildman–Crippen LogP) is 1.42. The minimum Gasteiger partial charge on any atom is -0.366 e. The molecule has 0 aliphatic heterocycles. The van der Waals surface area contributed by atoms with Crippen LogP contribution in [0.2, 0.25) is 0 Å². The maximum Gasteiger partial charge on any atom is 0.166 e. The molecule has 0 aliphatic rings. The SMILES string of the molecule is CNC(=S)NCCSCc1cnc(C)nc1C. The minimum absolute atomic E-state index is 0.695. The summed E-state index contributed by atoms with van der Waals surface area (Å²) in [5.74, 6) is 2.78. The van der Waals surface area contributed by atoms with E-state index < -0.39 is 0 Å². The van der Waals surface area contributed by atoms with Crippen LogP contribution in [0.15, 0.2) is 6.20 Å². The van der Waals surface area contributed by atoms with Gasteiger partial charge >= 0.3 is 0 Å². The number of hydrogen-bond acceptors (Lipinski definition) is 4. The van der Waals surface area contributed by atoms with Crippen molar-refractivity contribution >= 4 is 29.1 Å². The number of nitrogens with zero attached hydrogens (tertiary/aromatic N) is 2. The molecule has 0 saturated heterocycles. The van der Waals surface area contributed by atoms with Gasteiger partial charge in [0.1, 0.15) is 5.82 Å². The van der Waals surface area contributed by atoms with E-state index in [2.05, 4.69) is 20.6 Å². The molecule has 0 saturated carbocycles. The summed E-state index contributed by atoms with van der Waals surface area (Å²) in [6.45, 7) is 4.81. The Labute approximate surface area is 112 Å². The number of thioether (sulfide) groups is 1. The first-order valence-electron chi connectivity index (χ1n) is 5.46. The van der Waals surface area contributed by atoms with Crippen LogP contribution in [0, 0.1) is 13.8 Å². The molecule has 94 valence electrons. The van der Waals surface area contributed by atoms with E-state index in [9.17, 15) is 0 Å². The lowest BCUT2D eigenvalue weighted by atomic mass is 10.3. The highest BCUT2D eigenvalue weighted by Gasteiger charge is 2.01. The first-order chi connectivity index (χ1) is 8.13. The Bertz CT molecular complexity index is 382. The van der Waals surface area contributed by atoms with Gasteiger partial charge in [-0.05, 0) is 26.1 Å². The zero-order valence-corrected chi connectivity index (χ0v) is 12.0. The van der Waals surface area contributed by atoms with Crippen LogP contribution in [-0.2, 0) is 5.75 Å². The van der Waals surface area contributed by atoms with Gasteiger partial charge in [-0.25, -0.2) is 9.97 Å². The monoisotopic (exact) mass is 270 g/mol. The van der Waals surface area contributed by atoms with Crippen molar-refractivity contribution in [1.29, 1.82) is 0 Å². The van der Waals surface area contributed by atoms with Crippen molar-refractivity contribution in [1.82, 2.24) is 20.6 Å². The van der Waals surface area contributed by atoms with Crippen molar-refractivity contribution in [3.05, 3.63) is 23.3 Å². The van der Waals surface area contributed by atoms with Crippen molar-refractivity contribution in [3.8, 4) is 0 Å². The fourth-order valence-electron chi connectivity index (χ4n) is 1.26. The third kappa shape index (κ3) is 5.32. The molecule has 0 spiro atoms. The average molecular weight is 270 g/mol. The van der Waals surface area contributed by atoms with Gasteiger partial charge in [0.2, 0.25) is 0 Å². The van der Waals surface area contributed by atoms with E-state index in [1.807, 2.05) is 38.9 Å². The van der Waals surface area contributed by atoms with Gasteiger partial charge in [0, 0.05) is 42.6 Å². The maximum absolute atomic E-state index is 4.98. The number of aromatic nitrogens is 2. The summed E-state index contributed by atoms with van der Waals surface area (Å²) in [7, 11) is 1.81. The second-order valence-corrected chi connectivity index (χ2v) is 5.10. The molecule has 1 heterocycles. The molecule has 4 nitrogen and oxygen atoms in total. The zero-order valence-electron chi connectivity index (χ0n) is 10.4. The molecule has 0 bridgehead atoms. The van der Waals surface area contributed by atoms with E-state index in [0.717, 1.165) is 29.6 Å². The molecule has 1 rings (SSSR count). The molecular formula is C11H18N4S2. The van der Waals surface area contributed by atoms with Crippen molar-refractivity contribution in [3.63, 3.8) is 0 Å². The Balaban J connectivity index is 2.24. The van der Waals surface area contributed by atoms with Crippen molar-refractivity contribution in [2.75, 3.05) is 19.3 Å². The van der Waals surface area contributed by atoms with Crippen LogP contribution in [0.5, 0.6) is 0 Å². The quantitative estimate of drug-likeness (QED) is 0.623. The molecule has 1 aromatic rings. The maximum atomic E-state index is 4.98. The van der Waals surface area contributed by atoms with Crippen molar-refractivity contribution in [2.24, 2.45) is 0 Å². The first kappa shape index (κ1) is 14.2. The van der Waals surface area contributed by atoms with Gasteiger partial charge in [0.15, 0.2) is 5.11 Å². The largest absolute Gasteiger partial charge is 0.366 e. The van der Waals surface area contributed by atoms with Gasteiger partial charge in [-0.1, -0.05) is 0 Å². The number of nitrogens with one attached hydrogen (secondary N) is 2. The van der Waals surface area contributed by atoms with Gasteiger partial charge in [0.05, 0.1) is 0 Å². The number of thiocarbonyl (C=S) groups is 1. The Hall–Kier alpha value is -0.880. The van der Waals surface area contributed by atoms with Crippen LogP contribution >= 0.6 is 24.0 Å². The Morgan fingerprint density at radius 1 is 1.47 bits per heavy atom. The molecule has 0 unspecified atom stereocenters. The summed E-state index contributed by atoms with van der Waals surface area (Å²) in [6.07, 6.45) is 1.91. The second kappa shape index (κ2) is 7.45. The smallest absolute Gasteiger partial charge is 0.166 e. The van der Waals surface area contributed by atoms with Crippen LogP contribution in [0.25, 0.3) is 0 Å². The van der Waals surface area contributed by atoms with E-state index in [1.54, 1.807) is 0 Å². The Kier molecular flexibility index (Phi) is 6.21. The third-order valence-corrected chi connectivity index (χ3v) is 3.57. The molecule has 0 atom stereocenters. The van der Waals surface area contributed by atoms with Crippen LogP contribution in [0.1, 0.15) is 17.1 Å². The van der Waals surface area contributed by atoms with Crippen molar-refractivity contribution in [2.45, 2.75) is 19.6 Å². The highest BCUT2D eigenvalue weighted by Crippen LogP contribution is 2.13. The fourth-order valence-corrected chi connectivity index (χ4v) is 2.25. The molecule has 17 heavy (non-hydrogen) atoms. The molecule has 1 aromatic heterocycles. The van der Waals surface area contributed by atoms with E-state index in [-0.39, 0.29) is 0 Å². The average Bonchev–Trinajstić information content (AvgIpc) is 2.30. The van der Waals surface area contributed by atoms with Crippen LogP contribution in [0.4, 0.5) is 0 Å². The predicted molar refractivity (Wildman–Crippen MR) is 77.3 cm³/mol. The summed E-state index contributed by atoms with van der Waals surface area (Å²) in [5, 5.41) is 6.69. The lowest BCUT2D eigenvalue weighted by Crippen LogP contribution is -2.33. The minimum atomic E-state index is 0.695. The summed E-state index contributed by atoms with van der Waals surface area (Å²) < 4.78 is 0. The normalized spacial score (nSPS) is 10.1. The lowest BCUT2D eigenvalue weighted by molar-refractivity contribution is 0.941. The van der Waals surface area contributed by atoms with Crippen LogP contribution in [-0.4, -0.2) is 34.4 Å².